The van der Waals surface area contributed by atoms with Gasteiger partial charge in [0.1, 0.15) is 6.73 Å². The van der Waals surface area contributed by atoms with Crippen LogP contribution in [-0.4, -0.2) is 41.4 Å². The van der Waals surface area contributed by atoms with E-state index in [0.29, 0.717) is 13.3 Å². The monoisotopic (exact) mass is 185 g/mol. The van der Waals surface area contributed by atoms with Gasteiger partial charge in [0.05, 0.1) is 12.1 Å². The maximum absolute atomic E-state index is 11.0. The van der Waals surface area contributed by atoms with Gasteiger partial charge in [-0.3, -0.25) is 4.79 Å². The molecule has 0 saturated carbocycles. The number of ether oxygens (including phenoxy) is 1. The molecular formula is C9H15NO3. The average molecular weight is 185 g/mol. The van der Waals surface area contributed by atoms with Crippen molar-refractivity contribution in [1.82, 2.24) is 4.90 Å². The fourth-order valence-corrected chi connectivity index (χ4v) is 1.36. The average Bonchev–Trinajstić information content (AvgIpc) is 2.55. The van der Waals surface area contributed by atoms with Crippen LogP contribution in [-0.2, 0) is 9.53 Å². The number of amides is 1. The van der Waals surface area contributed by atoms with Crippen LogP contribution in [0.25, 0.3) is 0 Å². The first-order valence-corrected chi connectivity index (χ1v) is 4.33. The number of nitrogens with zero attached hydrogens (tertiary/aromatic N) is 1. The van der Waals surface area contributed by atoms with Crippen LogP contribution in [0.15, 0.2) is 12.2 Å². The first-order chi connectivity index (χ1) is 6.14. The molecule has 0 aliphatic carbocycles. The van der Waals surface area contributed by atoms with E-state index < -0.39 is 0 Å². The van der Waals surface area contributed by atoms with Crippen LogP contribution >= 0.6 is 0 Å². The number of rotatable bonds is 0. The molecule has 0 bridgehead atoms. The van der Waals surface area contributed by atoms with Crippen molar-refractivity contribution in [2.24, 2.45) is 0 Å². The van der Waals surface area contributed by atoms with Crippen LogP contribution in [0.1, 0.15) is 13.8 Å². The fraction of sp³-hybridized carbons (Fsp3) is 0.667. The first-order valence-electron chi connectivity index (χ1n) is 4.33. The van der Waals surface area contributed by atoms with Crippen molar-refractivity contribution < 1.29 is 14.6 Å². The Kier molecular flexibility index (Phi) is 3.06. The molecule has 4 nitrogen and oxygen atoms in total. The number of aliphatic hydroxyl groups excluding tert-OH is 1. The topological polar surface area (TPSA) is 49.8 Å². The SMILES string of the molecule is CC12C=CC(=O)N1COC2.CCO. The molecule has 2 aliphatic rings. The summed E-state index contributed by atoms with van der Waals surface area (Å²) in [6, 6.07) is 0. The van der Waals surface area contributed by atoms with E-state index in [1.54, 1.807) is 17.9 Å². The van der Waals surface area contributed by atoms with Crippen LogP contribution in [0.3, 0.4) is 0 Å². The van der Waals surface area contributed by atoms with Crippen LogP contribution < -0.4 is 0 Å². The van der Waals surface area contributed by atoms with Crippen molar-refractivity contribution in [3.63, 3.8) is 0 Å². The summed E-state index contributed by atoms with van der Waals surface area (Å²) in [5, 5.41) is 7.57. The highest BCUT2D eigenvalue weighted by Crippen LogP contribution is 2.28. The van der Waals surface area contributed by atoms with Crippen molar-refractivity contribution in [3.8, 4) is 0 Å². The summed E-state index contributed by atoms with van der Waals surface area (Å²) in [6.45, 7) is 5.01. The number of hydrogen-bond acceptors (Lipinski definition) is 3. The third-order valence-electron chi connectivity index (χ3n) is 2.08. The van der Waals surface area contributed by atoms with Gasteiger partial charge in [0.15, 0.2) is 0 Å². The lowest BCUT2D eigenvalue weighted by molar-refractivity contribution is -0.127. The zero-order valence-corrected chi connectivity index (χ0v) is 7.99. The van der Waals surface area contributed by atoms with Crippen molar-refractivity contribution in [2.75, 3.05) is 19.9 Å². The third-order valence-corrected chi connectivity index (χ3v) is 2.08. The van der Waals surface area contributed by atoms with Gasteiger partial charge in [0.2, 0.25) is 5.91 Å². The predicted molar refractivity (Wildman–Crippen MR) is 48.0 cm³/mol. The molecule has 1 fully saturated rings. The molecule has 0 spiro atoms. The second-order valence-electron chi connectivity index (χ2n) is 3.25. The number of aliphatic hydroxyl groups is 1. The normalized spacial score (nSPS) is 30.1. The van der Waals surface area contributed by atoms with Crippen LogP contribution in [0.5, 0.6) is 0 Å². The van der Waals surface area contributed by atoms with Gasteiger partial charge in [0, 0.05) is 12.7 Å². The van der Waals surface area contributed by atoms with Gasteiger partial charge in [-0.1, -0.05) is 6.08 Å². The Morgan fingerprint density at radius 1 is 1.77 bits per heavy atom. The van der Waals surface area contributed by atoms with Crippen molar-refractivity contribution >= 4 is 5.91 Å². The maximum atomic E-state index is 11.0. The molecule has 1 N–H and O–H groups in total. The van der Waals surface area contributed by atoms with Gasteiger partial charge < -0.3 is 14.7 Å². The second-order valence-corrected chi connectivity index (χ2v) is 3.25. The standard InChI is InChI=1S/C7H9NO2.C2H6O/c1-7-3-2-6(9)8(7)5-10-4-7;1-2-3/h2-3H,4-5H2,1H3;3H,2H2,1H3. The van der Waals surface area contributed by atoms with E-state index in [4.69, 9.17) is 9.84 Å². The van der Waals surface area contributed by atoms with Gasteiger partial charge in [-0.2, -0.15) is 0 Å². The number of carbonyl (C=O) groups is 1. The van der Waals surface area contributed by atoms with Gasteiger partial charge in [0.25, 0.3) is 0 Å². The van der Waals surface area contributed by atoms with E-state index in [2.05, 4.69) is 0 Å². The van der Waals surface area contributed by atoms with E-state index in [0.717, 1.165) is 0 Å². The minimum atomic E-state index is -0.142. The summed E-state index contributed by atoms with van der Waals surface area (Å²) in [5.41, 5.74) is -0.142. The smallest absolute Gasteiger partial charge is 0.248 e. The van der Waals surface area contributed by atoms with Gasteiger partial charge in [-0.05, 0) is 13.8 Å². The highest BCUT2D eigenvalue weighted by Gasteiger charge is 2.41. The van der Waals surface area contributed by atoms with Crippen molar-refractivity contribution in [1.29, 1.82) is 0 Å². The minimum Gasteiger partial charge on any atom is -0.397 e. The molecule has 74 valence electrons. The Balaban J connectivity index is 0.000000251. The predicted octanol–water partition coefficient (Wildman–Crippen LogP) is 0.130. The molecular weight excluding hydrogens is 170 g/mol. The zero-order valence-electron chi connectivity index (χ0n) is 7.99. The Morgan fingerprint density at radius 2 is 2.38 bits per heavy atom. The molecule has 1 amide bonds. The summed E-state index contributed by atoms with van der Waals surface area (Å²) < 4.78 is 5.14. The van der Waals surface area contributed by atoms with Crippen LogP contribution in [0.4, 0.5) is 0 Å². The Labute approximate surface area is 77.8 Å². The zero-order chi connectivity index (χ0) is 9.90. The number of carbonyl (C=O) groups excluding carboxylic acids is 1. The van der Waals surface area contributed by atoms with E-state index in [1.165, 1.54) is 0 Å². The van der Waals surface area contributed by atoms with Crippen LogP contribution in [0.2, 0.25) is 0 Å². The lowest BCUT2D eigenvalue weighted by atomic mass is 10.1. The minimum absolute atomic E-state index is 0.0694. The molecule has 1 atom stereocenters. The summed E-state index contributed by atoms with van der Waals surface area (Å²) in [6.07, 6.45) is 3.52. The highest BCUT2D eigenvalue weighted by atomic mass is 16.5. The molecule has 2 heterocycles. The molecule has 2 aliphatic heterocycles. The van der Waals surface area contributed by atoms with E-state index in [1.807, 2.05) is 13.0 Å². The molecule has 1 unspecified atom stereocenters. The molecule has 4 heteroatoms. The molecule has 0 aromatic heterocycles. The van der Waals surface area contributed by atoms with E-state index in [9.17, 15) is 4.79 Å². The lowest BCUT2D eigenvalue weighted by Gasteiger charge is -2.23. The van der Waals surface area contributed by atoms with Gasteiger partial charge in [-0.25, -0.2) is 0 Å². The number of hydrogen-bond donors (Lipinski definition) is 1. The number of fused-ring (bicyclic) bond motifs is 1. The van der Waals surface area contributed by atoms with Crippen LogP contribution in [0, 0.1) is 0 Å². The Morgan fingerprint density at radius 3 is 2.92 bits per heavy atom. The highest BCUT2D eigenvalue weighted by molar-refractivity contribution is 5.91. The van der Waals surface area contributed by atoms with Gasteiger partial charge >= 0.3 is 0 Å². The summed E-state index contributed by atoms with van der Waals surface area (Å²) in [5.74, 6) is 0.0694. The molecule has 0 aromatic rings. The lowest BCUT2D eigenvalue weighted by Crippen LogP contribution is -2.39. The summed E-state index contributed by atoms with van der Waals surface area (Å²) in [4.78, 5) is 12.7. The first kappa shape index (κ1) is 10.2. The van der Waals surface area contributed by atoms with E-state index in [-0.39, 0.29) is 18.1 Å². The molecule has 0 aromatic carbocycles. The second kappa shape index (κ2) is 3.89. The molecule has 2 rings (SSSR count). The summed E-state index contributed by atoms with van der Waals surface area (Å²) in [7, 11) is 0. The van der Waals surface area contributed by atoms with Gasteiger partial charge in [-0.15, -0.1) is 0 Å². The quantitative estimate of drug-likeness (QED) is 0.583. The fourth-order valence-electron chi connectivity index (χ4n) is 1.36. The Hall–Kier alpha value is -0.870. The largest absolute Gasteiger partial charge is 0.397 e. The van der Waals surface area contributed by atoms with Crippen molar-refractivity contribution in [3.05, 3.63) is 12.2 Å². The third kappa shape index (κ3) is 1.89. The maximum Gasteiger partial charge on any atom is 0.248 e. The molecule has 1 saturated heterocycles. The molecule has 13 heavy (non-hydrogen) atoms. The van der Waals surface area contributed by atoms with E-state index >= 15 is 0 Å². The molecule has 0 radical (unpaired) electrons. The summed E-state index contributed by atoms with van der Waals surface area (Å²) >= 11 is 0. The Bertz CT molecular complexity index is 227. The van der Waals surface area contributed by atoms with Crippen molar-refractivity contribution in [2.45, 2.75) is 19.4 Å².